The van der Waals surface area contributed by atoms with Crippen LogP contribution in [0.5, 0.6) is 0 Å². The van der Waals surface area contributed by atoms with Crippen LogP contribution in [0.2, 0.25) is 0 Å². The first-order chi connectivity index (χ1) is 7.06. The van der Waals surface area contributed by atoms with Gasteiger partial charge in [0.25, 0.3) is 0 Å². The summed E-state index contributed by atoms with van der Waals surface area (Å²) >= 11 is 0. The van der Waals surface area contributed by atoms with Gasteiger partial charge >= 0.3 is 5.97 Å². The first-order valence-corrected chi connectivity index (χ1v) is 4.54. The second-order valence-corrected chi connectivity index (χ2v) is 3.22. The van der Waals surface area contributed by atoms with Crippen molar-refractivity contribution in [2.24, 2.45) is 5.73 Å². The molecule has 0 saturated carbocycles. The lowest BCUT2D eigenvalue weighted by atomic mass is 10.0. The second kappa shape index (κ2) is 4.70. The van der Waals surface area contributed by atoms with Crippen molar-refractivity contribution in [1.82, 2.24) is 0 Å². The highest BCUT2D eigenvalue weighted by atomic mass is 16.5. The zero-order valence-electron chi connectivity index (χ0n) is 8.69. The summed E-state index contributed by atoms with van der Waals surface area (Å²) in [5, 5.41) is 0. The highest BCUT2D eigenvalue weighted by molar-refractivity contribution is 6.00. The Bertz CT molecular complexity index is 368. The lowest BCUT2D eigenvalue weighted by Gasteiger charge is -2.04. The van der Waals surface area contributed by atoms with Crippen LogP contribution in [0.1, 0.15) is 27.6 Å². The Morgan fingerprint density at radius 1 is 1.20 bits per heavy atom. The average molecular weight is 207 g/mol. The van der Waals surface area contributed by atoms with E-state index < -0.39 is 12.0 Å². The molecule has 4 heteroatoms. The summed E-state index contributed by atoms with van der Waals surface area (Å²) in [4.78, 5) is 22.6. The van der Waals surface area contributed by atoms with E-state index in [1.165, 1.54) is 7.11 Å². The number of ketones is 1. The van der Waals surface area contributed by atoms with Gasteiger partial charge in [-0.15, -0.1) is 0 Å². The topological polar surface area (TPSA) is 69.4 Å². The number of carbonyl (C=O) groups is 2. The van der Waals surface area contributed by atoms with E-state index in [1.807, 2.05) is 0 Å². The van der Waals surface area contributed by atoms with E-state index in [-0.39, 0.29) is 5.78 Å². The van der Waals surface area contributed by atoms with Gasteiger partial charge in [0.15, 0.2) is 5.78 Å². The Balaban J connectivity index is 2.90. The van der Waals surface area contributed by atoms with Crippen LogP contribution in [0, 0.1) is 0 Å². The number of benzene rings is 1. The van der Waals surface area contributed by atoms with Gasteiger partial charge in [-0.1, -0.05) is 12.1 Å². The number of esters is 1. The Morgan fingerprint density at radius 3 is 2.07 bits per heavy atom. The van der Waals surface area contributed by atoms with E-state index in [1.54, 1.807) is 31.2 Å². The predicted octanol–water partition coefficient (Wildman–Crippen LogP) is 1.00. The van der Waals surface area contributed by atoms with E-state index in [4.69, 9.17) is 5.73 Å². The molecule has 0 bridgehead atoms. The zero-order valence-corrected chi connectivity index (χ0v) is 8.69. The monoisotopic (exact) mass is 207 g/mol. The van der Waals surface area contributed by atoms with Gasteiger partial charge in [-0.25, -0.2) is 4.79 Å². The summed E-state index contributed by atoms with van der Waals surface area (Å²) in [6.45, 7) is 1.62. The van der Waals surface area contributed by atoms with Gasteiger partial charge in [-0.3, -0.25) is 4.79 Å². The molecule has 1 aromatic rings. The van der Waals surface area contributed by atoms with Crippen LogP contribution in [-0.2, 0) is 4.74 Å². The molecule has 0 aromatic heterocycles. The van der Waals surface area contributed by atoms with Crippen LogP contribution in [0.4, 0.5) is 0 Å². The Morgan fingerprint density at radius 2 is 1.67 bits per heavy atom. The van der Waals surface area contributed by atoms with Crippen LogP contribution in [0.25, 0.3) is 0 Å². The van der Waals surface area contributed by atoms with E-state index in [9.17, 15) is 9.59 Å². The number of hydrogen-bond acceptors (Lipinski definition) is 4. The number of nitrogens with two attached hydrogens (primary N) is 1. The molecule has 1 unspecified atom stereocenters. The maximum Gasteiger partial charge on any atom is 0.337 e. The van der Waals surface area contributed by atoms with Crippen molar-refractivity contribution < 1.29 is 14.3 Å². The minimum absolute atomic E-state index is 0.147. The normalized spacial score (nSPS) is 11.9. The molecule has 2 N–H and O–H groups in total. The summed E-state index contributed by atoms with van der Waals surface area (Å²) in [6.07, 6.45) is 0. The molecule has 4 nitrogen and oxygen atoms in total. The minimum Gasteiger partial charge on any atom is -0.465 e. The number of rotatable bonds is 3. The molecule has 0 radical (unpaired) electrons. The lowest BCUT2D eigenvalue weighted by molar-refractivity contribution is 0.0600. The molecule has 0 aliphatic heterocycles. The van der Waals surface area contributed by atoms with Crippen LogP contribution in [0.3, 0.4) is 0 Å². The van der Waals surface area contributed by atoms with E-state index in [0.717, 1.165) is 0 Å². The number of hydrogen-bond donors (Lipinski definition) is 1. The largest absolute Gasteiger partial charge is 0.465 e. The van der Waals surface area contributed by atoms with Gasteiger partial charge < -0.3 is 10.5 Å². The first kappa shape index (κ1) is 11.4. The van der Waals surface area contributed by atoms with Crippen LogP contribution in [0.15, 0.2) is 24.3 Å². The smallest absolute Gasteiger partial charge is 0.337 e. The first-order valence-electron chi connectivity index (χ1n) is 4.54. The fraction of sp³-hybridized carbons (Fsp3) is 0.273. The molecule has 0 saturated heterocycles. The van der Waals surface area contributed by atoms with Crippen molar-refractivity contribution in [1.29, 1.82) is 0 Å². The molecular formula is C11H13NO3. The summed E-state index contributed by atoms with van der Waals surface area (Å²) in [6, 6.07) is 5.69. The Labute approximate surface area is 88.0 Å². The summed E-state index contributed by atoms with van der Waals surface area (Å²) in [7, 11) is 1.31. The molecule has 0 amide bonds. The highest BCUT2D eigenvalue weighted by Gasteiger charge is 2.11. The molecule has 0 aliphatic carbocycles. The van der Waals surface area contributed by atoms with Gasteiger partial charge in [0.05, 0.1) is 18.7 Å². The molecule has 80 valence electrons. The van der Waals surface area contributed by atoms with E-state index >= 15 is 0 Å². The minimum atomic E-state index is -0.533. The number of methoxy groups -OCH3 is 1. The summed E-state index contributed by atoms with van der Waals surface area (Å²) < 4.78 is 4.54. The van der Waals surface area contributed by atoms with E-state index in [2.05, 4.69) is 4.74 Å². The molecule has 1 atom stereocenters. The molecule has 0 heterocycles. The SMILES string of the molecule is COC(=O)c1ccc(C(=O)C(C)N)cc1. The van der Waals surface area contributed by atoms with Crippen molar-refractivity contribution in [2.75, 3.05) is 7.11 Å². The van der Waals surface area contributed by atoms with Crippen molar-refractivity contribution >= 4 is 11.8 Å². The third kappa shape index (κ3) is 2.63. The van der Waals surface area contributed by atoms with Gasteiger partial charge in [0, 0.05) is 5.56 Å². The third-order valence-corrected chi connectivity index (χ3v) is 2.00. The number of ether oxygens (including phenoxy) is 1. The quantitative estimate of drug-likeness (QED) is 0.593. The molecule has 1 rings (SSSR count). The van der Waals surface area contributed by atoms with Crippen molar-refractivity contribution in [3.05, 3.63) is 35.4 Å². The molecule has 0 fully saturated rings. The van der Waals surface area contributed by atoms with Gasteiger partial charge in [0.1, 0.15) is 0 Å². The predicted molar refractivity (Wildman–Crippen MR) is 55.8 cm³/mol. The van der Waals surface area contributed by atoms with Gasteiger partial charge in [-0.2, -0.15) is 0 Å². The number of carbonyl (C=O) groups excluding carboxylic acids is 2. The van der Waals surface area contributed by atoms with Crippen molar-refractivity contribution in [3.63, 3.8) is 0 Å². The maximum absolute atomic E-state index is 11.5. The fourth-order valence-electron chi connectivity index (χ4n) is 1.15. The fourth-order valence-corrected chi connectivity index (χ4v) is 1.15. The Kier molecular flexibility index (Phi) is 3.57. The van der Waals surface area contributed by atoms with Crippen LogP contribution >= 0.6 is 0 Å². The second-order valence-electron chi connectivity index (χ2n) is 3.22. The molecule has 0 aliphatic rings. The van der Waals surface area contributed by atoms with Crippen molar-refractivity contribution in [2.45, 2.75) is 13.0 Å². The van der Waals surface area contributed by atoms with E-state index in [0.29, 0.717) is 11.1 Å². The summed E-state index contributed by atoms with van der Waals surface area (Å²) in [5.74, 6) is -0.568. The average Bonchev–Trinajstić information content (AvgIpc) is 2.27. The number of Topliss-reactive ketones (excluding diaryl/α,β-unsaturated/α-hetero) is 1. The van der Waals surface area contributed by atoms with Crippen molar-refractivity contribution in [3.8, 4) is 0 Å². The van der Waals surface area contributed by atoms with Gasteiger partial charge in [-0.05, 0) is 19.1 Å². The van der Waals surface area contributed by atoms with Gasteiger partial charge in [0.2, 0.25) is 0 Å². The van der Waals surface area contributed by atoms with Crippen LogP contribution in [-0.4, -0.2) is 24.9 Å². The Hall–Kier alpha value is -1.68. The molecule has 0 spiro atoms. The molecule has 15 heavy (non-hydrogen) atoms. The lowest BCUT2D eigenvalue weighted by Crippen LogP contribution is -2.26. The third-order valence-electron chi connectivity index (χ3n) is 2.00. The standard InChI is InChI=1S/C11H13NO3/c1-7(12)10(13)8-3-5-9(6-4-8)11(14)15-2/h3-7H,12H2,1-2H3. The zero-order chi connectivity index (χ0) is 11.4. The highest BCUT2D eigenvalue weighted by Crippen LogP contribution is 2.07. The summed E-state index contributed by atoms with van der Waals surface area (Å²) in [5.41, 5.74) is 6.36. The molecule has 1 aromatic carbocycles. The maximum atomic E-state index is 11.5. The van der Waals surface area contributed by atoms with Crippen LogP contribution < -0.4 is 5.73 Å². The molecular weight excluding hydrogens is 194 g/mol.